The van der Waals surface area contributed by atoms with Gasteiger partial charge in [-0.3, -0.25) is 4.79 Å². The predicted molar refractivity (Wildman–Crippen MR) is 102 cm³/mol. The third-order valence-electron chi connectivity index (χ3n) is 5.30. The van der Waals surface area contributed by atoms with Gasteiger partial charge in [0.05, 0.1) is 23.7 Å². The number of amides is 1. The van der Waals surface area contributed by atoms with Gasteiger partial charge in [-0.1, -0.05) is 6.42 Å². The number of carbonyl (C=O) groups excluding carboxylic acids is 1. The van der Waals surface area contributed by atoms with E-state index in [9.17, 15) is 13.2 Å². The second kappa shape index (κ2) is 6.99. The summed E-state index contributed by atoms with van der Waals surface area (Å²) in [5, 5.41) is 10.5. The van der Waals surface area contributed by atoms with Crippen LogP contribution in [0.25, 0.3) is 0 Å². The molecule has 27 heavy (non-hydrogen) atoms. The number of aromatic nitrogens is 3. The van der Waals surface area contributed by atoms with Crippen molar-refractivity contribution in [3.05, 3.63) is 33.5 Å². The van der Waals surface area contributed by atoms with E-state index in [1.807, 2.05) is 22.9 Å². The minimum Gasteiger partial charge on any atom is -0.329 e. The van der Waals surface area contributed by atoms with Crippen molar-refractivity contribution in [3.63, 3.8) is 0 Å². The number of hydrogen-bond donors (Lipinski definition) is 0. The molecule has 0 saturated carbocycles. The Kier molecular flexibility index (Phi) is 4.81. The number of hydrogen-bond acceptors (Lipinski definition) is 6. The number of carbonyl (C=O) groups is 1. The molecule has 1 atom stereocenters. The summed E-state index contributed by atoms with van der Waals surface area (Å²) in [5.41, 5.74) is 0.990. The first kappa shape index (κ1) is 18.6. The summed E-state index contributed by atoms with van der Waals surface area (Å²) in [6.07, 6.45) is 3.85. The minimum atomic E-state index is -3.30. The van der Waals surface area contributed by atoms with Gasteiger partial charge in [0.15, 0.2) is 11.6 Å². The smallest absolute Gasteiger partial charge is 0.264 e. The molecule has 0 spiro atoms. The van der Waals surface area contributed by atoms with Crippen molar-refractivity contribution < 1.29 is 13.2 Å². The topological polar surface area (TPSA) is 88.4 Å². The van der Waals surface area contributed by atoms with Crippen LogP contribution in [0.15, 0.2) is 11.4 Å². The number of piperidine rings is 1. The molecule has 4 heterocycles. The van der Waals surface area contributed by atoms with Crippen LogP contribution in [0, 0.1) is 6.92 Å². The molecular weight excluding hydrogens is 386 g/mol. The Hall–Kier alpha value is -1.78. The van der Waals surface area contributed by atoms with Crippen LogP contribution in [-0.2, 0) is 23.1 Å². The number of rotatable bonds is 3. The minimum absolute atomic E-state index is 0.0220. The molecule has 146 valence electrons. The number of aryl methyl sites for hydroxylation is 1. The second-order valence-corrected chi connectivity index (χ2v) is 10.0. The van der Waals surface area contributed by atoms with E-state index in [-0.39, 0.29) is 11.9 Å². The Balaban J connectivity index is 1.58. The maximum atomic E-state index is 12.8. The number of sulfonamides is 1. The van der Waals surface area contributed by atoms with Crippen LogP contribution >= 0.6 is 11.3 Å². The van der Waals surface area contributed by atoms with Crippen LogP contribution in [0.5, 0.6) is 0 Å². The van der Waals surface area contributed by atoms with Crippen LogP contribution in [0.1, 0.15) is 52.2 Å². The average Bonchev–Trinajstić information content (AvgIpc) is 3.26. The van der Waals surface area contributed by atoms with Crippen molar-refractivity contribution in [2.24, 2.45) is 0 Å². The van der Waals surface area contributed by atoms with Crippen molar-refractivity contribution in [2.45, 2.75) is 45.3 Å². The van der Waals surface area contributed by atoms with E-state index in [1.165, 1.54) is 17.6 Å². The Morgan fingerprint density at radius 2 is 2.04 bits per heavy atom. The van der Waals surface area contributed by atoms with E-state index in [0.717, 1.165) is 35.5 Å². The molecule has 4 rings (SSSR count). The summed E-state index contributed by atoms with van der Waals surface area (Å²) < 4.78 is 27.9. The van der Waals surface area contributed by atoms with E-state index < -0.39 is 10.0 Å². The second-order valence-electron chi connectivity index (χ2n) is 7.17. The third-order valence-corrected chi connectivity index (χ3v) is 7.60. The highest BCUT2D eigenvalue weighted by Gasteiger charge is 2.36. The molecule has 0 radical (unpaired) electrons. The van der Waals surface area contributed by atoms with Crippen LogP contribution < -0.4 is 0 Å². The number of thiophene rings is 1. The maximum Gasteiger partial charge on any atom is 0.264 e. The zero-order valence-corrected chi connectivity index (χ0v) is 17.1. The average molecular weight is 410 g/mol. The molecule has 0 aliphatic carbocycles. The van der Waals surface area contributed by atoms with Gasteiger partial charge in [-0.15, -0.1) is 21.5 Å². The van der Waals surface area contributed by atoms with Crippen molar-refractivity contribution in [1.82, 2.24) is 24.0 Å². The first-order chi connectivity index (χ1) is 12.9. The molecular formula is C17H23N5O3S2. The number of fused-ring (bicyclic) bond motifs is 1. The van der Waals surface area contributed by atoms with Gasteiger partial charge in [-0.25, -0.2) is 8.42 Å². The van der Waals surface area contributed by atoms with Crippen LogP contribution in [-0.4, -0.2) is 57.6 Å². The molecule has 2 aromatic rings. The predicted octanol–water partition coefficient (Wildman–Crippen LogP) is 1.79. The Bertz CT molecular complexity index is 965. The fourth-order valence-electron chi connectivity index (χ4n) is 3.90. The lowest BCUT2D eigenvalue weighted by molar-refractivity contribution is 0.0709. The summed E-state index contributed by atoms with van der Waals surface area (Å²) in [5.74, 6) is 1.45. The normalized spacial score (nSPS) is 21.3. The molecule has 1 fully saturated rings. The highest BCUT2D eigenvalue weighted by Crippen LogP contribution is 2.33. The molecule has 8 nitrogen and oxygen atoms in total. The number of nitrogens with zero attached hydrogens (tertiary/aromatic N) is 5. The summed E-state index contributed by atoms with van der Waals surface area (Å²) in [4.78, 5) is 15.3. The van der Waals surface area contributed by atoms with Crippen LogP contribution in [0.3, 0.4) is 0 Å². The first-order valence-corrected chi connectivity index (χ1v) is 11.8. The third kappa shape index (κ3) is 3.41. The van der Waals surface area contributed by atoms with Gasteiger partial charge in [0.2, 0.25) is 10.0 Å². The summed E-state index contributed by atoms with van der Waals surface area (Å²) in [6, 6.07) is 1.68. The quantitative estimate of drug-likeness (QED) is 0.771. The first-order valence-electron chi connectivity index (χ1n) is 9.08. The van der Waals surface area contributed by atoms with Crippen molar-refractivity contribution >= 4 is 27.3 Å². The molecule has 1 amide bonds. The van der Waals surface area contributed by atoms with Crippen molar-refractivity contribution in [1.29, 1.82) is 0 Å². The lowest BCUT2D eigenvalue weighted by Crippen LogP contribution is -2.41. The van der Waals surface area contributed by atoms with E-state index in [2.05, 4.69) is 10.2 Å². The maximum absolute atomic E-state index is 12.8. The Morgan fingerprint density at radius 3 is 2.74 bits per heavy atom. The standard InChI is InChI=1S/C17H23N5O3S2/c1-12-6-10-26-15(12)17(23)20-8-9-21-14(11-20)18-19-16(21)13-5-3-4-7-22(13)27(2,24)25/h6,10,13H,3-5,7-9,11H2,1-2H3. The van der Waals surface area contributed by atoms with Crippen LogP contribution in [0.2, 0.25) is 0 Å². The zero-order valence-electron chi connectivity index (χ0n) is 15.5. The van der Waals surface area contributed by atoms with Gasteiger partial charge >= 0.3 is 0 Å². The fourth-order valence-corrected chi connectivity index (χ4v) is 5.91. The van der Waals surface area contributed by atoms with Gasteiger partial charge in [-0.05, 0) is 36.8 Å². The molecule has 0 N–H and O–H groups in total. The summed E-state index contributed by atoms with van der Waals surface area (Å²) in [7, 11) is -3.30. The molecule has 0 aromatic carbocycles. The Morgan fingerprint density at radius 1 is 1.22 bits per heavy atom. The van der Waals surface area contributed by atoms with Gasteiger partial charge in [0.1, 0.15) is 0 Å². The highest BCUT2D eigenvalue weighted by atomic mass is 32.2. The molecule has 1 saturated heterocycles. The highest BCUT2D eigenvalue weighted by molar-refractivity contribution is 7.88. The summed E-state index contributed by atoms with van der Waals surface area (Å²) in [6.45, 7) is 4.02. The van der Waals surface area contributed by atoms with Crippen molar-refractivity contribution in [2.75, 3.05) is 19.3 Å². The monoisotopic (exact) mass is 409 g/mol. The molecule has 2 aliphatic heterocycles. The SMILES string of the molecule is Cc1ccsc1C(=O)N1CCn2c(nnc2C2CCCCN2S(C)(=O)=O)C1. The zero-order chi connectivity index (χ0) is 19.2. The van der Waals surface area contributed by atoms with Crippen LogP contribution in [0.4, 0.5) is 0 Å². The van der Waals surface area contributed by atoms with E-state index in [1.54, 1.807) is 9.21 Å². The lowest BCUT2D eigenvalue weighted by Gasteiger charge is -2.34. The lowest BCUT2D eigenvalue weighted by atomic mass is 10.0. The van der Waals surface area contributed by atoms with Gasteiger partial charge < -0.3 is 9.47 Å². The van der Waals surface area contributed by atoms with Gasteiger partial charge in [0, 0.05) is 19.6 Å². The van der Waals surface area contributed by atoms with Crippen molar-refractivity contribution in [3.8, 4) is 0 Å². The molecule has 2 aliphatic rings. The molecule has 2 aromatic heterocycles. The van der Waals surface area contributed by atoms with E-state index in [4.69, 9.17) is 0 Å². The largest absolute Gasteiger partial charge is 0.329 e. The van der Waals surface area contributed by atoms with E-state index >= 15 is 0 Å². The Labute approximate surface area is 162 Å². The molecule has 1 unspecified atom stereocenters. The molecule has 0 bridgehead atoms. The van der Waals surface area contributed by atoms with Gasteiger partial charge in [-0.2, -0.15) is 4.31 Å². The molecule has 10 heteroatoms. The van der Waals surface area contributed by atoms with E-state index in [0.29, 0.717) is 32.0 Å². The fraction of sp³-hybridized carbons (Fsp3) is 0.588. The van der Waals surface area contributed by atoms with Gasteiger partial charge in [0.25, 0.3) is 5.91 Å². The summed E-state index contributed by atoms with van der Waals surface area (Å²) >= 11 is 1.46.